The van der Waals surface area contributed by atoms with E-state index in [-0.39, 0.29) is 30.2 Å². The summed E-state index contributed by atoms with van der Waals surface area (Å²) in [6, 6.07) is 13.6. The molecule has 2 aromatic rings. The van der Waals surface area contributed by atoms with E-state index in [1.165, 1.54) is 4.90 Å². The van der Waals surface area contributed by atoms with Gasteiger partial charge in [-0.25, -0.2) is 0 Å². The van der Waals surface area contributed by atoms with Crippen molar-refractivity contribution in [3.05, 3.63) is 78.4 Å². The highest BCUT2D eigenvalue weighted by Crippen LogP contribution is 2.50. The van der Waals surface area contributed by atoms with Gasteiger partial charge in [0.1, 0.15) is 11.8 Å². The average Bonchev–Trinajstić information content (AvgIpc) is 3.27. The number of hydrogen-bond acceptors (Lipinski definition) is 5. The molecule has 0 unspecified atom stereocenters. The Morgan fingerprint density at radius 2 is 1.75 bits per heavy atom. The summed E-state index contributed by atoms with van der Waals surface area (Å²) in [4.78, 5) is 43.8. The summed E-state index contributed by atoms with van der Waals surface area (Å²) in [6.45, 7) is 5.84. The van der Waals surface area contributed by atoms with Gasteiger partial charge in [0.25, 0.3) is 0 Å². The van der Waals surface area contributed by atoms with E-state index in [0.717, 1.165) is 16.8 Å². The number of para-hydroxylation sites is 1. The Hall–Kier alpha value is -3.67. The molecule has 0 saturated carbocycles. The Bertz CT molecular complexity index is 1170. The molecule has 3 heterocycles. The molecule has 0 radical (unpaired) electrons. The number of ether oxygens (including phenoxy) is 1. The second-order valence-electron chi connectivity index (χ2n) is 8.43. The summed E-state index contributed by atoms with van der Waals surface area (Å²) >= 11 is 0. The number of amides is 2. The SMILES string of the molecule is C=CCN1C(=O)[C@@H]2[C@H](C1=O)[C@@H]1C=C(C)c3ccccc3N1[C@@H]2C(=O)c1ccc(OC)cc1. The monoisotopic (exact) mass is 428 g/mol. The first-order valence-corrected chi connectivity index (χ1v) is 10.7. The highest BCUT2D eigenvalue weighted by Gasteiger charge is 2.64. The predicted octanol–water partition coefficient (Wildman–Crippen LogP) is 3.34. The molecule has 3 aliphatic heterocycles. The zero-order chi connectivity index (χ0) is 22.6. The smallest absolute Gasteiger partial charge is 0.236 e. The number of nitrogens with zero attached hydrogens (tertiary/aromatic N) is 2. The molecule has 2 aromatic carbocycles. The van der Waals surface area contributed by atoms with Gasteiger partial charge in [-0.2, -0.15) is 0 Å². The highest BCUT2D eigenvalue weighted by molar-refractivity contribution is 6.14. The third-order valence-electron chi connectivity index (χ3n) is 6.80. The van der Waals surface area contributed by atoms with E-state index in [2.05, 4.69) is 6.58 Å². The molecule has 6 heteroatoms. The van der Waals surface area contributed by atoms with Gasteiger partial charge in [-0.05, 0) is 42.8 Å². The normalized spacial score (nSPS) is 25.8. The van der Waals surface area contributed by atoms with Crippen molar-refractivity contribution in [1.82, 2.24) is 4.90 Å². The van der Waals surface area contributed by atoms with Gasteiger partial charge in [-0.3, -0.25) is 19.3 Å². The van der Waals surface area contributed by atoms with E-state index in [1.807, 2.05) is 42.2 Å². The number of methoxy groups -OCH3 is 1. The number of benzene rings is 2. The first kappa shape index (κ1) is 20.2. The topological polar surface area (TPSA) is 66.9 Å². The molecule has 2 fully saturated rings. The van der Waals surface area contributed by atoms with Gasteiger partial charge in [0.05, 0.1) is 25.0 Å². The maximum atomic E-state index is 13.8. The molecular weight excluding hydrogens is 404 g/mol. The molecule has 2 saturated heterocycles. The van der Waals surface area contributed by atoms with E-state index in [9.17, 15) is 14.4 Å². The highest BCUT2D eigenvalue weighted by atomic mass is 16.5. The lowest BCUT2D eigenvalue weighted by atomic mass is 9.85. The van der Waals surface area contributed by atoms with Crippen LogP contribution in [0.2, 0.25) is 0 Å². The van der Waals surface area contributed by atoms with Crippen LogP contribution < -0.4 is 9.64 Å². The summed E-state index contributed by atoms with van der Waals surface area (Å²) in [5.41, 5.74) is 3.43. The maximum Gasteiger partial charge on any atom is 0.236 e. The van der Waals surface area contributed by atoms with Crippen molar-refractivity contribution in [3.8, 4) is 5.75 Å². The van der Waals surface area contributed by atoms with Crippen molar-refractivity contribution in [1.29, 1.82) is 0 Å². The molecule has 3 aliphatic rings. The van der Waals surface area contributed by atoms with Crippen LogP contribution in [0.3, 0.4) is 0 Å². The van der Waals surface area contributed by atoms with Gasteiger partial charge in [0.15, 0.2) is 5.78 Å². The predicted molar refractivity (Wildman–Crippen MR) is 121 cm³/mol. The van der Waals surface area contributed by atoms with Gasteiger partial charge in [-0.15, -0.1) is 6.58 Å². The lowest BCUT2D eigenvalue weighted by Crippen LogP contribution is -2.49. The van der Waals surface area contributed by atoms with Crippen LogP contribution in [0.4, 0.5) is 5.69 Å². The molecule has 6 nitrogen and oxygen atoms in total. The minimum absolute atomic E-state index is 0.153. The molecule has 0 spiro atoms. The van der Waals surface area contributed by atoms with Crippen molar-refractivity contribution >= 4 is 28.9 Å². The van der Waals surface area contributed by atoms with Crippen LogP contribution in [0, 0.1) is 11.8 Å². The fourth-order valence-corrected chi connectivity index (χ4v) is 5.39. The van der Waals surface area contributed by atoms with E-state index in [0.29, 0.717) is 11.3 Å². The van der Waals surface area contributed by atoms with Crippen LogP contribution in [0.15, 0.2) is 67.3 Å². The number of ketones is 1. The first-order chi connectivity index (χ1) is 15.5. The van der Waals surface area contributed by atoms with E-state index >= 15 is 0 Å². The zero-order valence-corrected chi connectivity index (χ0v) is 18.0. The summed E-state index contributed by atoms with van der Waals surface area (Å²) in [5.74, 6) is -1.40. The number of hydrogen-bond donors (Lipinski definition) is 0. The standard InChI is InChI=1S/C26H24N2O4/c1-4-13-27-25(30)21-20-14-15(2)18-7-5-6-8-19(18)28(20)23(22(21)26(27)31)24(29)16-9-11-17(32-3)12-10-16/h4-12,14,20-23H,1,13H2,2-3H3/t20-,21+,22+,23-/m0/s1. The Morgan fingerprint density at radius 1 is 1.06 bits per heavy atom. The van der Waals surface area contributed by atoms with E-state index < -0.39 is 17.9 Å². The number of Topliss-reactive ketones (excluding diaryl/α,β-unsaturated/α-hetero) is 1. The molecule has 4 atom stereocenters. The van der Waals surface area contributed by atoms with Gasteiger partial charge in [0.2, 0.25) is 11.8 Å². The van der Waals surface area contributed by atoms with Crippen LogP contribution in [0.5, 0.6) is 5.75 Å². The second kappa shape index (κ2) is 7.48. The number of allylic oxidation sites excluding steroid dienone is 1. The zero-order valence-electron chi connectivity index (χ0n) is 18.0. The van der Waals surface area contributed by atoms with Crippen molar-refractivity contribution < 1.29 is 19.1 Å². The Labute approximate surface area is 186 Å². The third-order valence-corrected chi connectivity index (χ3v) is 6.80. The number of imide groups is 1. The first-order valence-electron chi connectivity index (χ1n) is 10.7. The molecule has 32 heavy (non-hydrogen) atoms. The number of fused-ring (bicyclic) bond motifs is 5. The Morgan fingerprint density at radius 3 is 2.44 bits per heavy atom. The molecular formula is C26H24N2O4. The van der Waals surface area contributed by atoms with Crippen LogP contribution >= 0.6 is 0 Å². The van der Waals surface area contributed by atoms with Crippen LogP contribution in [-0.2, 0) is 9.59 Å². The van der Waals surface area contributed by atoms with Crippen molar-refractivity contribution in [2.75, 3.05) is 18.6 Å². The van der Waals surface area contributed by atoms with Crippen LogP contribution in [0.1, 0.15) is 22.8 Å². The van der Waals surface area contributed by atoms with E-state index in [1.54, 1.807) is 37.5 Å². The summed E-state index contributed by atoms with van der Waals surface area (Å²) < 4.78 is 5.22. The summed E-state index contributed by atoms with van der Waals surface area (Å²) in [7, 11) is 1.57. The minimum atomic E-state index is -0.768. The van der Waals surface area contributed by atoms with Crippen LogP contribution in [-0.4, -0.2) is 48.2 Å². The lowest BCUT2D eigenvalue weighted by Gasteiger charge is -2.38. The number of carbonyl (C=O) groups excluding carboxylic acids is 3. The number of rotatable bonds is 5. The Kier molecular flexibility index (Phi) is 4.73. The maximum absolute atomic E-state index is 13.8. The number of likely N-dealkylation sites (tertiary alicyclic amines) is 1. The number of carbonyl (C=O) groups is 3. The fraction of sp³-hybridized carbons (Fsp3) is 0.269. The molecule has 5 rings (SSSR count). The summed E-state index contributed by atoms with van der Waals surface area (Å²) in [5, 5.41) is 0. The molecule has 0 bridgehead atoms. The second-order valence-corrected chi connectivity index (χ2v) is 8.43. The largest absolute Gasteiger partial charge is 0.497 e. The summed E-state index contributed by atoms with van der Waals surface area (Å²) in [6.07, 6.45) is 3.58. The Balaban J connectivity index is 1.66. The quantitative estimate of drug-likeness (QED) is 0.415. The van der Waals surface area contributed by atoms with Crippen molar-refractivity contribution in [3.63, 3.8) is 0 Å². The third kappa shape index (κ3) is 2.75. The van der Waals surface area contributed by atoms with Gasteiger partial charge >= 0.3 is 0 Å². The lowest BCUT2D eigenvalue weighted by molar-refractivity contribution is -0.139. The molecule has 0 N–H and O–H groups in total. The van der Waals surface area contributed by atoms with E-state index in [4.69, 9.17) is 4.74 Å². The molecule has 0 aromatic heterocycles. The number of anilines is 1. The molecule has 162 valence electrons. The van der Waals surface area contributed by atoms with Crippen molar-refractivity contribution in [2.24, 2.45) is 11.8 Å². The average molecular weight is 428 g/mol. The minimum Gasteiger partial charge on any atom is -0.497 e. The molecule has 2 amide bonds. The van der Waals surface area contributed by atoms with Gasteiger partial charge < -0.3 is 9.64 Å². The molecule has 0 aliphatic carbocycles. The van der Waals surface area contributed by atoms with Crippen molar-refractivity contribution in [2.45, 2.75) is 19.0 Å². The van der Waals surface area contributed by atoms with Crippen LogP contribution in [0.25, 0.3) is 5.57 Å². The van der Waals surface area contributed by atoms with Gasteiger partial charge in [-0.1, -0.05) is 30.4 Å². The van der Waals surface area contributed by atoms with Gasteiger partial charge in [0, 0.05) is 23.4 Å². The fourth-order valence-electron chi connectivity index (χ4n) is 5.39.